The van der Waals surface area contributed by atoms with Crippen molar-refractivity contribution in [3.8, 4) is 5.75 Å². The number of aromatic nitrogens is 1. The molecule has 0 aliphatic carbocycles. The van der Waals surface area contributed by atoms with Gasteiger partial charge in [0.1, 0.15) is 18.1 Å². The third-order valence-corrected chi connectivity index (χ3v) is 8.56. The highest BCUT2D eigenvalue weighted by molar-refractivity contribution is 7.22. The van der Waals surface area contributed by atoms with E-state index < -0.39 is 17.7 Å². The highest BCUT2D eigenvalue weighted by atomic mass is 32.1. The smallest absolute Gasteiger partial charge is 0.301 e. The minimum Gasteiger partial charge on any atom is -0.507 e. The first kappa shape index (κ1) is 27.4. The number of hydrogen-bond donors (Lipinski definition) is 1. The first-order chi connectivity index (χ1) is 20.2. The van der Waals surface area contributed by atoms with Gasteiger partial charge in [-0.05, 0) is 79.8 Å². The van der Waals surface area contributed by atoms with Crippen LogP contribution in [0.4, 0.5) is 5.13 Å². The molecule has 1 atom stereocenters. The van der Waals surface area contributed by atoms with Crippen molar-refractivity contribution in [1.29, 1.82) is 0 Å². The SMILES string of the molecule is Cc1ccc(C)c(/C(O)=C2\C(=O)C(=O)N(c3nc4c(C)cc(C)cc4s3)C2c2ccc(OCc3ccccc3)cc2)c1. The number of aryl methyl sites for hydroxylation is 4. The molecule has 6 nitrogen and oxygen atoms in total. The molecule has 0 saturated carbocycles. The van der Waals surface area contributed by atoms with E-state index in [0.717, 1.165) is 38.0 Å². The Morgan fingerprint density at radius 3 is 2.36 bits per heavy atom. The van der Waals surface area contributed by atoms with Gasteiger partial charge in [0.25, 0.3) is 5.78 Å². The third-order valence-electron chi connectivity index (χ3n) is 7.56. The Hall–Kier alpha value is -4.75. The minimum absolute atomic E-state index is 0.0406. The van der Waals surface area contributed by atoms with Crippen LogP contribution in [0.3, 0.4) is 0 Å². The molecule has 4 aromatic carbocycles. The van der Waals surface area contributed by atoms with Gasteiger partial charge in [0.05, 0.1) is 21.8 Å². The lowest BCUT2D eigenvalue weighted by atomic mass is 9.93. The molecule has 42 heavy (non-hydrogen) atoms. The number of rotatable bonds is 6. The molecule has 1 fully saturated rings. The number of amides is 1. The molecule has 1 aliphatic heterocycles. The molecule has 210 valence electrons. The summed E-state index contributed by atoms with van der Waals surface area (Å²) in [5.41, 5.74) is 6.90. The molecule has 1 unspecified atom stereocenters. The summed E-state index contributed by atoms with van der Waals surface area (Å²) in [5, 5.41) is 12.0. The Morgan fingerprint density at radius 1 is 0.881 bits per heavy atom. The molecule has 5 aromatic rings. The molecule has 2 heterocycles. The molecular formula is C35H30N2O4S. The van der Waals surface area contributed by atoms with Crippen molar-refractivity contribution in [1.82, 2.24) is 4.98 Å². The van der Waals surface area contributed by atoms with Crippen molar-refractivity contribution in [3.63, 3.8) is 0 Å². The number of carbonyl (C=O) groups excluding carboxylic acids is 2. The maximum absolute atomic E-state index is 13.7. The maximum Gasteiger partial charge on any atom is 0.301 e. The van der Waals surface area contributed by atoms with Gasteiger partial charge in [-0.3, -0.25) is 14.5 Å². The number of ether oxygens (including phenoxy) is 1. The minimum atomic E-state index is -0.866. The van der Waals surface area contributed by atoms with Gasteiger partial charge in [-0.15, -0.1) is 0 Å². The van der Waals surface area contributed by atoms with Crippen molar-refractivity contribution in [2.24, 2.45) is 0 Å². The fourth-order valence-electron chi connectivity index (χ4n) is 5.43. The number of carbonyl (C=O) groups is 2. The standard InChI is InChI=1S/C35H30N2O4S/c1-20-10-11-22(3)27(17-20)32(38)29-31(25-12-14-26(15-13-25)41-19-24-8-6-5-7-9-24)37(34(40)33(29)39)35-36-30-23(4)16-21(2)18-28(30)42-35/h5-18,31,38H,19H2,1-4H3/b32-29+. The Kier molecular flexibility index (Phi) is 7.12. The molecule has 0 spiro atoms. The Balaban J connectivity index is 1.47. The topological polar surface area (TPSA) is 79.7 Å². The Morgan fingerprint density at radius 2 is 1.62 bits per heavy atom. The number of hydrogen-bond acceptors (Lipinski definition) is 6. The van der Waals surface area contributed by atoms with Crippen molar-refractivity contribution < 1.29 is 19.4 Å². The lowest BCUT2D eigenvalue weighted by molar-refractivity contribution is -0.132. The van der Waals surface area contributed by atoms with Gasteiger partial charge >= 0.3 is 5.91 Å². The van der Waals surface area contributed by atoms with E-state index in [9.17, 15) is 14.7 Å². The normalized spacial score (nSPS) is 16.4. The summed E-state index contributed by atoms with van der Waals surface area (Å²) in [4.78, 5) is 33.7. The number of aliphatic hydroxyl groups excluding tert-OH is 1. The predicted molar refractivity (Wildman–Crippen MR) is 167 cm³/mol. The van der Waals surface area contributed by atoms with E-state index in [4.69, 9.17) is 9.72 Å². The van der Waals surface area contributed by atoms with Crippen LogP contribution in [0.15, 0.2) is 90.5 Å². The van der Waals surface area contributed by atoms with E-state index in [-0.39, 0.29) is 11.3 Å². The summed E-state index contributed by atoms with van der Waals surface area (Å²) in [7, 11) is 0. The van der Waals surface area contributed by atoms with Gasteiger partial charge in [0, 0.05) is 5.56 Å². The monoisotopic (exact) mass is 574 g/mol. The van der Waals surface area contributed by atoms with Crippen LogP contribution in [0, 0.1) is 27.7 Å². The average Bonchev–Trinajstić information content (AvgIpc) is 3.52. The van der Waals surface area contributed by atoms with Crippen LogP contribution in [0.25, 0.3) is 16.0 Å². The highest BCUT2D eigenvalue weighted by Crippen LogP contribution is 2.45. The molecule has 1 aromatic heterocycles. The Bertz CT molecular complexity index is 1870. The van der Waals surface area contributed by atoms with Gasteiger partial charge in [0.2, 0.25) is 0 Å². The number of ketones is 1. The van der Waals surface area contributed by atoms with Crippen molar-refractivity contribution in [3.05, 3.63) is 129 Å². The number of thiazole rings is 1. The fourth-order valence-corrected chi connectivity index (χ4v) is 6.60. The highest BCUT2D eigenvalue weighted by Gasteiger charge is 2.48. The number of Topliss-reactive ketones (excluding diaryl/α,β-unsaturated/α-hetero) is 1. The van der Waals surface area contributed by atoms with E-state index in [1.54, 1.807) is 0 Å². The average molecular weight is 575 g/mol. The zero-order valence-electron chi connectivity index (χ0n) is 23.8. The summed E-state index contributed by atoms with van der Waals surface area (Å²) < 4.78 is 6.91. The van der Waals surface area contributed by atoms with E-state index >= 15 is 0 Å². The lowest BCUT2D eigenvalue weighted by Crippen LogP contribution is -2.29. The first-order valence-corrected chi connectivity index (χ1v) is 14.6. The molecule has 1 saturated heterocycles. The number of nitrogens with zero attached hydrogens (tertiary/aromatic N) is 2. The molecule has 6 rings (SSSR count). The second kappa shape index (κ2) is 10.9. The number of aliphatic hydroxyl groups is 1. The summed E-state index contributed by atoms with van der Waals surface area (Å²) in [6, 6.07) is 26.1. The fraction of sp³-hybridized carbons (Fsp3) is 0.171. The van der Waals surface area contributed by atoms with Crippen molar-refractivity contribution >= 4 is 44.1 Å². The van der Waals surface area contributed by atoms with Crippen LogP contribution in [0.1, 0.15) is 45.0 Å². The second-order valence-corrected chi connectivity index (χ2v) is 11.8. The molecule has 0 radical (unpaired) electrons. The van der Waals surface area contributed by atoms with Crippen molar-refractivity contribution in [2.45, 2.75) is 40.3 Å². The predicted octanol–water partition coefficient (Wildman–Crippen LogP) is 7.74. The molecule has 7 heteroatoms. The van der Waals surface area contributed by atoms with Crippen molar-refractivity contribution in [2.75, 3.05) is 4.90 Å². The largest absolute Gasteiger partial charge is 0.507 e. The van der Waals surface area contributed by atoms with Crippen LogP contribution in [0.2, 0.25) is 0 Å². The second-order valence-electron chi connectivity index (χ2n) is 10.8. The first-order valence-electron chi connectivity index (χ1n) is 13.7. The molecule has 1 aliphatic rings. The van der Waals surface area contributed by atoms with E-state index in [1.807, 2.05) is 113 Å². The Labute approximate surface area is 248 Å². The number of benzene rings is 4. The summed E-state index contributed by atoms with van der Waals surface area (Å²) in [6.07, 6.45) is 0. The summed E-state index contributed by atoms with van der Waals surface area (Å²) in [6.45, 7) is 8.21. The van der Waals surface area contributed by atoms with Crippen LogP contribution in [0.5, 0.6) is 5.75 Å². The molecule has 1 amide bonds. The van der Waals surface area contributed by atoms with Gasteiger partial charge in [-0.1, -0.05) is 77.6 Å². The van der Waals surface area contributed by atoms with Crippen LogP contribution >= 0.6 is 11.3 Å². The van der Waals surface area contributed by atoms with Gasteiger partial charge in [-0.2, -0.15) is 0 Å². The van der Waals surface area contributed by atoms with Crippen LogP contribution in [-0.4, -0.2) is 21.8 Å². The zero-order valence-corrected chi connectivity index (χ0v) is 24.7. The van der Waals surface area contributed by atoms with Crippen LogP contribution < -0.4 is 9.64 Å². The zero-order chi connectivity index (χ0) is 29.5. The third kappa shape index (κ3) is 4.97. The quantitative estimate of drug-likeness (QED) is 0.128. The summed E-state index contributed by atoms with van der Waals surface area (Å²) >= 11 is 1.36. The summed E-state index contributed by atoms with van der Waals surface area (Å²) in [5.74, 6) is -1.00. The number of fused-ring (bicyclic) bond motifs is 1. The van der Waals surface area contributed by atoms with E-state index in [2.05, 4.69) is 0 Å². The van der Waals surface area contributed by atoms with Crippen LogP contribution in [-0.2, 0) is 16.2 Å². The van der Waals surface area contributed by atoms with Gasteiger partial charge in [-0.25, -0.2) is 4.98 Å². The molecule has 1 N–H and O–H groups in total. The van der Waals surface area contributed by atoms with Gasteiger partial charge in [0.15, 0.2) is 5.13 Å². The van der Waals surface area contributed by atoms with E-state index in [1.165, 1.54) is 16.2 Å². The maximum atomic E-state index is 13.7. The molecular weight excluding hydrogens is 544 g/mol. The molecule has 0 bridgehead atoms. The van der Waals surface area contributed by atoms with Gasteiger partial charge < -0.3 is 9.84 Å². The van der Waals surface area contributed by atoms with E-state index in [0.29, 0.717) is 28.6 Å². The lowest BCUT2D eigenvalue weighted by Gasteiger charge is -2.23. The number of anilines is 1.